The van der Waals surface area contributed by atoms with Gasteiger partial charge in [0.1, 0.15) is 5.84 Å². The summed E-state index contributed by atoms with van der Waals surface area (Å²) >= 11 is 0. The Kier molecular flexibility index (Phi) is 7.14. The molecule has 1 unspecified atom stereocenters. The van der Waals surface area contributed by atoms with Gasteiger partial charge >= 0.3 is 0 Å². The van der Waals surface area contributed by atoms with Crippen LogP contribution in [0.4, 0.5) is 0 Å². The van der Waals surface area contributed by atoms with Gasteiger partial charge in [0.15, 0.2) is 0 Å². The zero-order valence-electron chi connectivity index (χ0n) is 11.0. The Morgan fingerprint density at radius 2 is 2.11 bits per heavy atom. The van der Waals surface area contributed by atoms with Crippen LogP contribution in [-0.4, -0.2) is 24.1 Å². The summed E-state index contributed by atoms with van der Waals surface area (Å²) in [5, 5.41) is 15.3. The number of nitrogens with two attached hydrogens (primary N) is 1. The lowest BCUT2D eigenvalue weighted by Gasteiger charge is -2.16. The second-order valence-electron chi connectivity index (χ2n) is 4.35. The van der Waals surface area contributed by atoms with E-state index in [2.05, 4.69) is 16.4 Å². The monoisotopic (exact) mass is 259 g/mol. The van der Waals surface area contributed by atoms with Crippen LogP contribution < -0.4 is 11.1 Å². The fraction of sp³-hybridized carbons (Fsp3) is 0.400. The second-order valence-corrected chi connectivity index (χ2v) is 4.35. The summed E-state index contributed by atoms with van der Waals surface area (Å²) in [6.45, 7) is 1.53. The quantitative estimate of drug-likeness (QED) is 0.167. The number of terminal acetylenes is 1. The minimum Gasteiger partial charge on any atom is -0.409 e. The van der Waals surface area contributed by atoms with Gasteiger partial charge in [0.05, 0.1) is 5.92 Å². The van der Waals surface area contributed by atoms with Crippen molar-refractivity contribution in [3.8, 4) is 12.3 Å². The molecule has 1 aromatic carbocycles. The largest absolute Gasteiger partial charge is 0.409 e. The van der Waals surface area contributed by atoms with Crippen LogP contribution in [0, 0.1) is 12.3 Å². The van der Waals surface area contributed by atoms with Crippen LogP contribution >= 0.6 is 0 Å². The topological polar surface area (TPSA) is 70.6 Å². The van der Waals surface area contributed by atoms with Crippen molar-refractivity contribution in [2.24, 2.45) is 10.9 Å². The van der Waals surface area contributed by atoms with Crippen molar-refractivity contribution in [3.05, 3.63) is 35.9 Å². The zero-order chi connectivity index (χ0) is 13.9. The normalized spacial score (nSPS) is 12.9. The van der Waals surface area contributed by atoms with E-state index in [1.807, 2.05) is 30.3 Å². The molecule has 4 N–H and O–H groups in total. The number of nitrogens with one attached hydrogen (secondary N) is 1. The van der Waals surface area contributed by atoms with Gasteiger partial charge in [0.2, 0.25) is 0 Å². The lowest BCUT2D eigenvalue weighted by Crippen LogP contribution is -2.32. The maximum absolute atomic E-state index is 8.85. The number of amidine groups is 1. The summed E-state index contributed by atoms with van der Waals surface area (Å²) in [5.41, 5.74) is 6.78. The SMILES string of the molecule is C#CCCCCNCC(/C(N)=N\O)c1ccccc1. The van der Waals surface area contributed by atoms with Gasteiger partial charge in [0.25, 0.3) is 0 Å². The van der Waals surface area contributed by atoms with Crippen LogP contribution in [0.25, 0.3) is 0 Å². The van der Waals surface area contributed by atoms with E-state index < -0.39 is 0 Å². The van der Waals surface area contributed by atoms with Gasteiger partial charge in [-0.15, -0.1) is 12.3 Å². The third-order valence-electron chi connectivity index (χ3n) is 2.95. The molecule has 0 amide bonds. The molecule has 0 aliphatic rings. The van der Waals surface area contributed by atoms with Crippen molar-refractivity contribution in [2.75, 3.05) is 13.1 Å². The maximum atomic E-state index is 8.85. The molecule has 0 aliphatic heterocycles. The molecule has 0 heterocycles. The third-order valence-corrected chi connectivity index (χ3v) is 2.95. The van der Waals surface area contributed by atoms with E-state index in [0.717, 1.165) is 31.4 Å². The van der Waals surface area contributed by atoms with Gasteiger partial charge < -0.3 is 16.3 Å². The fourth-order valence-electron chi connectivity index (χ4n) is 1.87. The molecule has 0 spiro atoms. The molecular weight excluding hydrogens is 238 g/mol. The van der Waals surface area contributed by atoms with Crippen molar-refractivity contribution < 1.29 is 5.21 Å². The standard InChI is InChI=1S/C15H21N3O/c1-2-3-4-8-11-17-12-14(15(16)18-19)13-9-6-5-7-10-13/h1,5-7,9-10,14,17,19H,3-4,8,11-12H2,(H2,16,18). The molecule has 4 nitrogen and oxygen atoms in total. The summed E-state index contributed by atoms with van der Waals surface area (Å²) < 4.78 is 0. The number of rotatable bonds is 8. The van der Waals surface area contributed by atoms with Crippen LogP contribution in [-0.2, 0) is 0 Å². The zero-order valence-corrected chi connectivity index (χ0v) is 11.0. The van der Waals surface area contributed by atoms with E-state index in [4.69, 9.17) is 17.4 Å². The lowest BCUT2D eigenvalue weighted by atomic mass is 9.98. The summed E-state index contributed by atoms with van der Waals surface area (Å²) in [7, 11) is 0. The predicted molar refractivity (Wildman–Crippen MR) is 78.1 cm³/mol. The number of hydrogen-bond donors (Lipinski definition) is 3. The summed E-state index contributed by atoms with van der Waals surface area (Å²) in [4.78, 5) is 0. The van der Waals surface area contributed by atoms with Gasteiger partial charge in [-0.1, -0.05) is 35.5 Å². The molecule has 19 heavy (non-hydrogen) atoms. The highest BCUT2D eigenvalue weighted by Gasteiger charge is 2.15. The minimum atomic E-state index is -0.112. The number of oxime groups is 1. The molecule has 0 aromatic heterocycles. The second kappa shape index (κ2) is 9.01. The van der Waals surface area contributed by atoms with E-state index in [0.29, 0.717) is 6.54 Å². The molecule has 0 saturated heterocycles. The number of benzene rings is 1. The highest BCUT2D eigenvalue weighted by Crippen LogP contribution is 2.14. The molecule has 1 atom stereocenters. The highest BCUT2D eigenvalue weighted by molar-refractivity contribution is 5.87. The van der Waals surface area contributed by atoms with Crippen LogP contribution in [0.1, 0.15) is 30.7 Å². The van der Waals surface area contributed by atoms with E-state index in [-0.39, 0.29) is 11.8 Å². The van der Waals surface area contributed by atoms with E-state index in [1.54, 1.807) is 0 Å². The van der Waals surface area contributed by atoms with Gasteiger partial charge in [-0.3, -0.25) is 0 Å². The van der Waals surface area contributed by atoms with Crippen molar-refractivity contribution in [1.29, 1.82) is 0 Å². The molecule has 0 saturated carbocycles. The Hall–Kier alpha value is -1.99. The van der Waals surface area contributed by atoms with Crippen LogP contribution in [0.2, 0.25) is 0 Å². The average molecular weight is 259 g/mol. The average Bonchev–Trinajstić information content (AvgIpc) is 2.47. The summed E-state index contributed by atoms with van der Waals surface area (Å²) in [6, 6.07) is 9.78. The molecule has 0 fully saturated rings. The number of nitrogens with zero attached hydrogens (tertiary/aromatic N) is 1. The molecule has 0 radical (unpaired) electrons. The molecule has 1 aromatic rings. The van der Waals surface area contributed by atoms with Crippen molar-refractivity contribution in [1.82, 2.24) is 5.32 Å². The van der Waals surface area contributed by atoms with Crippen molar-refractivity contribution in [2.45, 2.75) is 25.2 Å². The van der Waals surface area contributed by atoms with Crippen LogP contribution in [0.5, 0.6) is 0 Å². The molecule has 0 bridgehead atoms. The number of hydrogen-bond acceptors (Lipinski definition) is 3. The lowest BCUT2D eigenvalue weighted by molar-refractivity contribution is 0.315. The van der Waals surface area contributed by atoms with Crippen LogP contribution in [0.15, 0.2) is 35.5 Å². The Labute approximate surface area is 114 Å². The first-order valence-corrected chi connectivity index (χ1v) is 6.46. The Morgan fingerprint density at radius 1 is 1.37 bits per heavy atom. The maximum Gasteiger partial charge on any atom is 0.147 e. The van der Waals surface area contributed by atoms with Crippen molar-refractivity contribution in [3.63, 3.8) is 0 Å². The summed E-state index contributed by atoms with van der Waals surface area (Å²) in [5.74, 6) is 2.73. The Bertz CT molecular complexity index is 423. The molecule has 102 valence electrons. The molecule has 1 rings (SSSR count). The van der Waals surface area contributed by atoms with E-state index in [9.17, 15) is 0 Å². The van der Waals surface area contributed by atoms with E-state index in [1.165, 1.54) is 0 Å². The van der Waals surface area contributed by atoms with Gasteiger partial charge in [-0.2, -0.15) is 0 Å². The van der Waals surface area contributed by atoms with Crippen molar-refractivity contribution >= 4 is 5.84 Å². The smallest absolute Gasteiger partial charge is 0.147 e. The predicted octanol–water partition coefficient (Wildman–Crippen LogP) is 1.91. The molecule has 0 aliphatic carbocycles. The summed E-state index contributed by atoms with van der Waals surface area (Å²) in [6.07, 6.45) is 8.05. The fourth-order valence-corrected chi connectivity index (χ4v) is 1.87. The first kappa shape index (κ1) is 15.1. The Morgan fingerprint density at radius 3 is 2.74 bits per heavy atom. The molecular formula is C15H21N3O. The minimum absolute atomic E-state index is 0.112. The van der Waals surface area contributed by atoms with E-state index >= 15 is 0 Å². The Balaban J connectivity index is 2.47. The number of unbranched alkanes of at least 4 members (excludes halogenated alkanes) is 2. The molecule has 4 heteroatoms. The highest BCUT2D eigenvalue weighted by atomic mass is 16.4. The first-order chi connectivity index (χ1) is 9.29. The van der Waals surface area contributed by atoms with Gasteiger partial charge in [-0.25, -0.2) is 0 Å². The van der Waals surface area contributed by atoms with Crippen LogP contribution in [0.3, 0.4) is 0 Å². The van der Waals surface area contributed by atoms with Gasteiger partial charge in [-0.05, 0) is 24.9 Å². The third kappa shape index (κ3) is 5.45. The first-order valence-electron chi connectivity index (χ1n) is 6.46. The van der Waals surface area contributed by atoms with Gasteiger partial charge in [0, 0.05) is 13.0 Å².